The van der Waals surface area contributed by atoms with Crippen LogP contribution < -0.4 is 0 Å². The SMILES string of the molecule is CCCC(C)Cn1nc(C)c(C(O)CC)c1C. The monoisotopic (exact) mass is 238 g/mol. The Hall–Kier alpha value is -0.830. The van der Waals surface area contributed by atoms with E-state index >= 15 is 0 Å². The highest BCUT2D eigenvalue weighted by Crippen LogP contribution is 2.24. The molecule has 0 radical (unpaired) electrons. The second kappa shape index (κ2) is 6.20. The van der Waals surface area contributed by atoms with Gasteiger partial charge in [-0.25, -0.2) is 0 Å². The van der Waals surface area contributed by atoms with Gasteiger partial charge in [-0.1, -0.05) is 27.2 Å². The number of aliphatic hydroxyl groups is 1. The molecule has 0 spiro atoms. The van der Waals surface area contributed by atoms with Crippen molar-refractivity contribution in [1.29, 1.82) is 0 Å². The van der Waals surface area contributed by atoms with Gasteiger partial charge in [-0.05, 0) is 32.6 Å². The molecule has 2 atom stereocenters. The molecule has 0 aliphatic rings. The van der Waals surface area contributed by atoms with E-state index in [0.29, 0.717) is 5.92 Å². The van der Waals surface area contributed by atoms with E-state index in [1.54, 1.807) is 0 Å². The summed E-state index contributed by atoms with van der Waals surface area (Å²) in [6.45, 7) is 11.5. The van der Waals surface area contributed by atoms with E-state index in [1.807, 2.05) is 13.8 Å². The van der Waals surface area contributed by atoms with Crippen LogP contribution in [0.1, 0.15) is 63.1 Å². The summed E-state index contributed by atoms with van der Waals surface area (Å²) < 4.78 is 2.06. The van der Waals surface area contributed by atoms with Crippen LogP contribution in [0.5, 0.6) is 0 Å². The van der Waals surface area contributed by atoms with Crippen LogP contribution in [0, 0.1) is 19.8 Å². The van der Waals surface area contributed by atoms with E-state index in [9.17, 15) is 5.11 Å². The van der Waals surface area contributed by atoms with Gasteiger partial charge in [0.05, 0.1) is 11.8 Å². The number of aliphatic hydroxyl groups excluding tert-OH is 1. The second-order valence-corrected chi connectivity index (χ2v) is 5.08. The molecule has 0 fully saturated rings. The number of hydrogen-bond donors (Lipinski definition) is 1. The van der Waals surface area contributed by atoms with Crippen LogP contribution in [0.15, 0.2) is 0 Å². The summed E-state index contributed by atoms with van der Waals surface area (Å²) in [5.41, 5.74) is 3.12. The van der Waals surface area contributed by atoms with Crippen LogP contribution in [0.2, 0.25) is 0 Å². The first-order chi connectivity index (χ1) is 8.01. The van der Waals surface area contributed by atoms with Crippen molar-refractivity contribution in [2.45, 2.75) is 66.5 Å². The van der Waals surface area contributed by atoms with Crippen LogP contribution in [-0.4, -0.2) is 14.9 Å². The second-order valence-electron chi connectivity index (χ2n) is 5.08. The van der Waals surface area contributed by atoms with Crippen molar-refractivity contribution >= 4 is 0 Å². The minimum Gasteiger partial charge on any atom is -0.388 e. The molecule has 98 valence electrons. The predicted molar refractivity (Wildman–Crippen MR) is 71.0 cm³/mol. The third-order valence-corrected chi connectivity index (χ3v) is 3.42. The Morgan fingerprint density at radius 1 is 1.29 bits per heavy atom. The lowest BCUT2D eigenvalue weighted by Gasteiger charge is -2.13. The van der Waals surface area contributed by atoms with Gasteiger partial charge >= 0.3 is 0 Å². The van der Waals surface area contributed by atoms with E-state index in [4.69, 9.17) is 0 Å². The normalized spacial score (nSPS) is 14.9. The molecule has 0 bridgehead atoms. The summed E-state index contributed by atoms with van der Waals surface area (Å²) >= 11 is 0. The molecular weight excluding hydrogens is 212 g/mol. The molecule has 3 heteroatoms. The lowest BCUT2D eigenvalue weighted by atomic mass is 10.0. The Labute approximate surface area is 105 Å². The summed E-state index contributed by atoms with van der Waals surface area (Å²) in [6.07, 6.45) is 2.82. The van der Waals surface area contributed by atoms with E-state index in [1.165, 1.54) is 12.8 Å². The molecule has 1 heterocycles. The first-order valence-corrected chi connectivity index (χ1v) is 6.73. The Balaban J connectivity index is 2.88. The van der Waals surface area contributed by atoms with Gasteiger partial charge < -0.3 is 5.11 Å². The van der Waals surface area contributed by atoms with Crippen molar-refractivity contribution < 1.29 is 5.11 Å². The standard InChI is InChI=1S/C14H26N2O/c1-6-8-10(3)9-16-12(5)14(11(4)15-16)13(17)7-2/h10,13,17H,6-9H2,1-5H3. The maximum atomic E-state index is 9.99. The molecule has 17 heavy (non-hydrogen) atoms. The summed E-state index contributed by atoms with van der Waals surface area (Å²) in [5.74, 6) is 0.643. The molecule has 0 saturated heterocycles. The van der Waals surface area contributed by atoms with Crippen LogP contribution in [0.3, 0.4) is 0 Å². The van der Waals surface area contributed by atoms with Gasteiger partial charge in [0.25, 0.3) is 0 Å². The number of nitrogens with zero attached hydrogens (tertiary/aromatic N) is 2. The Morgan fingerprint density at radius 3 is 2.47 bits per heavy atom. The molecule has 0 amide bonds. The quantitative estimate of drug-likeness (QED) is 0.825. The highest BCUT2D eigenvalue weighted by molar-refractivity contribution is 5.26. The smallest absolute Gasteiger partial charge is 0.0823 e. The zero-order chi connectivity index (χ0) is 13.0. The Morgan fingerprint density at radius 2 is 1.94 bits per heavy atom. The maximum absolute atomic E-state index is 9.99. The maximum Gasteiger partial charge on any atom is 0.0823 e. The predicted octanol–water partition coefficient (Wildman–Crippen LogP) is 3.38. The Bertz CT molecular complexity index is 357. The van der Waals surface area contributed by atoms with Crippen LogP contribution >= 0.6 is 0 Å². The number of aromatic nitrogens is 2. The largest absolute Gasteiger partial charge is 0.388 e. The van der Waals surface area contributed by atoms with Gasteiger partial charge in [-0.2, -0.15) is 5.10 Å². The summed E-state index contributed by atoms with van der Waals surface area (Å²) in [4.78, 5) is 0. The third-order valence-electron chi connectivity index (χ3n) is 3.42. The average Bonchev–Trinajstić information content (AvgIpc) is 2.54. The molecular formula is C14H26N2O. The minimum absolute atomic E-state index is 0.370. The highest BCUT2D eigenvalue weighted by Gasteiger charge is 2.18. The fraction of sp³-hybridized carbons (Fsp3) is 0.786. The Kier molecular flexibility index (Phi) is 5.19. The molecule has 3 nitrogen and oxygen atoms in total. The van der Waals surface area contributed by atoms with Crippen LogP contribution in [0.4, 0.5) is 0 Å². The number of aryl methyl sites for hydroxylation is 1. The van der Waals surface area contributed by atoms with Crippen molar-refractivity contribution in [2.24, 2.45) is 5.92 Å². The van der Waals surface area contributed by atoms with E-state index in [2.05, 4.69) is 30.6 Å². The summed E-state index contributed by atoms with van der Waals surface area (Å²) in [6, 6.07) is 0. The topological polar surface area (TPSA) is 38.0 Å². The fourth-order valence-electron chi connectivity index (χ4n) is 2.45. The van der Waals surface area contributed by atoms with Gasteiger partial charge in [0, 0.05) is 17.8 Å². The molecule has 0 aliphatic heterocycles. The van der Waals surface area contributed by atoms with E-state index < -0.39 is 0 Å². The van der Waals surface area contributed by atoms with Crippen LogP contribution in [0.25, 0.3) is 0 Å². The zero-order valence-corrected chi connectivity index (χ0v) is 11.8. The number of rotatable bonds is 6. The van der Waals surface area contributed by atoms with Crippen molar-refractivity contribution in [3.8, 4) is 0 Å². The van der Waals surface area contributed by atoms with Crippen molar-refractivity contribution in [3.05, 3.63) is 17.0 Å². The average molecular weight is 238 g/mol. The molecule has 1 N–H and O–H groups in total. The van der Waals surface area contributed by atoms with Gasteiger partial charge in [0.2, 0.25) is 0 Å². The fourth-order valence-corrected chi connectivity index (χ4v) is 2.45. The minimum atomic E-state index is -0.370. The molecule has 0 aliphatic carbocycles. The molecule has 0 saturated carbocycles. The van der Waals surface area contributed by atoms with Gasteiger partial charge in [-0.3, -0.25) is 4.68 Å². The van der Waals surface area contributed by atoms with Crippen molar-refractivity contribution in [1.82, 2.24) is 9.78 Å². The van der Waals surface area contributed by atoms with E-state index in [0.717, 1.165) is 29.9 Å². The first-order valence-electron chi connectivity index (χ1n) is 6.73. The zero-order valence-electron chi connectivity index (χ0n) is 11.8. The summed E-state index contributed by atoms with van der Waals surface area (Å²) in [7, 11) is 0. The third kappa shape index (κ3) is 3.32. The number of hydrogen-bond acceptors (Lipinski definition) is 2. The van der Waals surface area contributed by atoms with Crippen LogP contribution in [-0.2, 0) is 6.54 Å². The van der Waals surface area contributed by atoms with Gasteiger partial charge in [-0.15, -0.1) is 0 Å². The molecule has 1 aromatic rings. The lowest BCUT2D eigenvalue weighted by molar-refractivity contribution is 0.172. The molecule has 2 unspecified atom stereocenters. The summed E-state index contributed by atoms with van der Waals surface area (Å²) in [5, 5.41) is 14.5. The molecule has 0 aromatic carbocycles. The van der Waals surface area contributed by atoms with Crippen molar-refractivity contribution in [2.75, 3.05) is 0 Å². The lowest BCUT2D eigenvalue weighted by Crippen LogP contribution is -2.11. The molecule has 1 aromatic heterocycles. The highest BCUT2D eigenvalue weighted by atomic mass is 16.3. The van der Waals surface area contributed by atoms with Crippen molar-refractivity contribution in [3.63, 3.8) is 0 Å². The van der Waals surface area contributed by atoms with E-state index in [-0.39, 0.29) is 6.10 Å². The van der Waals surface area contributed by atoms with Gasteiger partial charge in [0.15, 0.2) is 0 Å². The van der Waals surface area contributed by atoms with Gasteiger partial charge in [0.1, 0.15) is 0 Å². The molecule has 1 rings (SSSR count). The first kappa shape index (κ1) is 14.2.